The van der Waals surface area contributed by atoms with Crippen LogP contribution in [0.2, 0.25) is 0 Å². The van der Waals surface area contributed by atoms with Crippen molar-refractivity contribution in [3.63, 3.8) is 0 Å². The maximum Gasteiger partial charge on any atom is 0.407 e. The number of carbonyl (C=O) groups excluding carboxylic acids is 1. The molecule has 1 atom stereocenters. The van der Waals surface area contributed by atoms with Gasteiger partial charge in [0.2, 0.25) is 5.91 Å². The van der Waals surface area contributed by atoms with Crippen LogP contribution >= 0.6 is 15.9 Å². The minimum absolute atomic E-state index is 0.0672. The molecule has 7 heteroatoms. The van der Waals surface area contributed by atoms with Gasteiger partial charge in [0.15, 0.2) is 0 Å². The van der Waals surface area contributed by atoms with E-state index in [-0.39, 0.29) is 5.56 Å². The number of anilines is 1. The number of hydrogen-bond acceptors (Lipinski definition) is 2. The Bertz CT molecular complexity index is 705. The summed E-state index contributed by atoms with van der Waals surface area (Å²) in [5.74, 6) is -0.536. The zero-order valence-electron chi connectivity index (χ0n) is 12.8. The fraction of sp³-hybridized carbons (Fsp3) is 0.235. The third-order valence-corrected chi connectivity index (χ3v) is 3.88. The standard InChI is InChI=1S/C17H16BrF3N2O/c1-11-9-13(18)7-8-14(11)23-15(24)10-22-16(17(19,20)21)12-5-3-2-4-6-12/h2-9,16,22H,10H2,1H3,(H,23,24). The molecule has 1 amide bonds. The second kappa shape index (κ2) is 7.81. The molecule has 0 spiro atoms. The number of alkyl halides is 3. The Labute approximate surface area is 146 Å². The molecule has 0 radical (unpaired) electrons. The van der Waals surface area contributed by atoms with Crippen molar-refractivity contribution in [3.05, 3.63) is 64.1 Å². The maximum atomic E-state index is 13.2. The highest BCUT2D eigenvalue weighted by Gasteiger charge is 2.40. The summed E-state index contributed by atoms with van der Waals surface area (Å²) in [5.41, 5.74) is 1.44. The lowest BCUT2D eigenvalue weighted by Gasteiger charge is -2.22. The molecule has 0 saturated heterocycles. The zero-order valence-corrected chi connectivity index (χ0v) is 14.4. The van der Waals surface area contributed by atoms with Gasteiger partial charge in [0.1, 0.15) is 6.04 Å². The molecule has 0 fully saturated rings. The average Bonchev–Trinajstić information content (AvgIpc) is 2.50. The van der Waals surface area contributed by atoms with Gasteiger partial charge in [0.25, 0.3) is 0 Å². The molecule has 0 aliphatic carbocycles. The number of hydrogen-bond donors (Lipinski definition) is 2. The third-order valence-electron chi connectivity index (χ3n) is 3.39. The van der Waals surface area contributed by atoms with Gasteiger partial charge < -0.3 is 5.32 Å². The van der Waals surface area contributed by atoms with Crippen LogP contribution < -0.4 is 10.6 Å². The van der Waals surface area contributed by atoms with Crippen LogP contribution in [-0.4, -0.2) is 18.6 Å². The van der Waals surface area contributed by atoms with Crippen LogP contribution in [0.15, 0.2) is 53.0 Å². The summed E-state index contributed by atoms with van der Waals surface area (Å²) in [4.78, 5) is 12.0. The largest absolute Gasteiger partial charge is 0.407 e. The predicted molar refractivity (Wildman–Crippen MR) is 90.7 cm³/mol. The van der Waals surface area contributed by atoms with Crippen molar-refractivity contribution in [3.8, 4) is 0 Å². The molecular formula is C17H16BrF3N2O. The lowest BCUT2D eigenvalue weighted by atomic mass is 10.1. The van der Waals surface area contributed by atoms with Gasteiger partial charge in [-0.15, -0.1) is 0 Å². The van der Waals surface area contributed by atoms with Gasteiger partial charge in [-0.3, -0.25) is 10.1 Å². The molecule has 24 heavy (non-hydrogen) atoms. The normalized spacial score (nSPS) is 12.7. The van der Waals surface area contributed by atoms with E-state index in [1.807, 2.05) is 6.07 Å². The van der Waals surface area contributed by atoms with Crippen molar-refractivity contribution in [2.75, 3.05) is 11.9 Å². The molecule has 128 valence electrons. The summed E-state index contributed by atoms with van der Waals surface area (Å²) < 4.78 is 40.4. The smallest absolute Gasteiger partial charge is 0.325 e. The fourth-order valence-corrected chi connectivity index (χ4v) is 2.70. The van der Waals surface area contributed by atoms with Crippen LogP contribution in [0.3, 0.4) is 0 Å². The van der Waals surface area contributed by atoms with E-state index < -0.39 is 24.7 Å². The Morgan fingerprint density at radius 1 is 1.17 bits per heavy atom. The number of rotatable bonds is 5. The second-order valence-corrected chi connectivity index (χ2v) is 6.19. The topological polar surface area (TPSA) is 41.1 Å². The molecule has 2 rings (SSSR count). The summed E-state index contributed by atoms with van der Waals surface area (Å²) in [6, 6.07) is 10.8. The predicted octanol–water partition coefficient (Wildman–Crippen LogP) is 4.59. The van der Waals surface area contributed by atoms with E-state index in [9.17, 15) is 18.0 Å². The quantitative estimate of drug-likeness (QED) is 0.770. The third kappa shape index (κ3) is 5.07. The SMILES string of the molecule is Cc1cc(Br)ccc1NC(=O)CNC(c1ccccc1)C(F)(F)F. The Balaban J connectivity index is 2.02. The van der Waals surface area contributed by atoms with Crippen LogP contribution in [0.25, 0.3) is 0 Å². The first-order chi connectivity index (χ1) is 11.3. The van der Waals surface area contributed by atoms with E-state index in [0.717, 1.165) is 10.0 Å². The van der Waals surface area contributed by atoms with E-state index in [4.69, 9.17) is 0 Å². The molecule has 2 aromatic carbocycles. The summed E-state index contributed by atoms with van der Waals surface area (Å²) in [7, 11) is 0. The minimum Gasteiger partial charge on any atom is -0.325 e. The van der Waals surface area contributed by atoms with E-state index in [0.29, 0.717) is 5.69 Å². The van der Waals surface area contributed by atoms with Gasteiger partial charge in [-0.2, -0.15) is 13.2 Å². The Hall–Kier alpha value is -1.86. The second-order valence-electron chi connectivity index (χ2n) is 5.27. The molecule has 0 aliphatic rings. The molecule has 0 heterocycles. The lowest BCUT2D eigenvalue weighted by Crippen LogP contribution is -2.38. The van der Waals surface area contributed by atoms with Crippen molar-refractivity contribution < 1.29 is 18.0 Å². The number of carbonyl (C=O) groups is 1. The van der Waals surface area contributed by atoms with Gasteiger partial charge in [-0.05, 0) is 36.2 Å². The highest BCUT2D eigenvalue weighted by Crippen LogP contribution is 2.32. The van der Waals surface area contributed by atoms with Crippen LogP contribution in [0.1, 0.15) is 17.2 Å². The van der Waals surface area contributed by atoms with Gasteiger partial charge in [-0.25, -0.2) is 0 Å². The Morgan fingerprint density at radius 3 is 2.42 bits per heavy atom. The van der Waals surface area contributed by atoms with Gasteiger partial charge >= 0.3 is 6.18 Å². The first-order valence-corrected chi connectivity index (χ1v) is 7.97. The molecule has 0 aromatic heterocycles. The molecule has 0 bridgehead atoms. The molecule has 2 N–H and O–H groups in total. The number of amides is 1. The van der Waals surface area contributed by atoms with E-state index in [1.54, 1.807) is 25.1 Å². The minimum atomic E-state index is -4.49. The van der Waals surface area contributed by atoms with Crippen molar-refractivity contribution in [1.82, 2.24) is 5.32 Å². The van der Waals surface area contributed by atoms with Crippen molar-refractivity contribution in [2.45, 2.75) is 19.1 Å². The molecular weight excluding hydrogens is 385 g/mol. The molecule has 0 aliphatic heterocycles. The average molecular weight is 401 g/mol. The summed E-state index contributed by atoms with van der Waals surface area (Å²) in [6.45, 7) is 1.35. The zero-order chi connectivity index (χ0) is 17.7. The highest BCUT2D eigenvalue weighted by atomic mass is 79.9. The van der Waals surface area contributed by atoms with Gasteiger partial charge in [-0.1, -0.05) is 46.3 Å². The monoisotopic (exact) mass is 400 g/mol. The van der Waals surface area contributed by atoms with Gasteiger partial charge in [0, 0.05) is 10.2 Å². The lowest BCUT2D eigenvalue weighted by molar-refractivity contribution is -0.158. The van der Waals surface area contributed by atoms with Gasteiger partial charge in [0.05, 0.1) is 6.54 Å². The Morgan fingerprint density at radius 2 is 1.83 bits per heavy atom. The van der Waals surface area contributed by atoms with Crippen LogP contribution in [0.5, 0.6) is 0 Å². The number of halogens is 4. The van der Waals surface area contributed by atoms with Crippen molar-refractivity contribution in [2.24, 2.45) is 0 Å². The summed E-state index contributed by atoms with van der Waals surface area (Å²) in [5, 5.41) is 4.89. The van der Waals surface area contributed by atoms with Crippen LogP contribution in [-0.2, 0) is 4.79 Å². The Kier molecular flexibility index (Phi) is 6.01. The van der Waals surface area contributed by atoms with Crippen molar-refractivity contribution in [1.29, 1.82) is 0 Å². The summed E-state index contributed by atoms with van der Waals surface area (Å²) >= 11 is 3.31. The van der Waals surface area contributed by atoms with Crippen LogP contribution in [0, 0.1) is 6.92 Å². The first kappa shape index (κ1) is 18.5. The van der Waals surface area contributed by atoms with Crippen molar-refractivity contribution >= 4 is 27.5 Å². The number of aryl methyl sites for hydroxylation is 1. The van der Waals surface area contributed by atoms with E-state index >= 15 is 0 Å². The van der Waals surface area contributed by atoms with E-state index in [2.05, 4.69) is 26.6 Å². The molecule has 1 unspecified atom stereocenters. The first-order valence-electron chi connectivity index (χ1n) is 7.18. The molecule has 3 nitrogen and oxygen atoms in total. The maximum absolute atomic E-state index is 13.2. The highest BCUT2D eigenvalue weighted by molar-refractivity contribution is 9.10. The fourth-order valence-electron chi connectivity index (χ4n) is 2.22. The molecule has 0 saturated carbocycles. The number of benzene rings is 2. The summed E-state index contributed by atoms with van der Waals surface area (Å²) in [6.07, 6.45) is -4.49. The molecule has 2 aromatic rings. The van der Waals surface area contributed by atoms with Crippen LogP contribution in [0.4, 0.5) is 18.9 Å². The number of nitrogens with one attached hydrogen (secondary N) is 2. The van der Waals surface area contributed by atoms with E-state index in [1.165, 1.54) is 24.3 Å².